The number of fused-ring (bicyclic) bond motifs is 1. The van der Waals surface area contributed by atoms with Gasteiger partial charge in [0.15, 0.2) is 0 Å². The standard InChI is InChI=1S/C32H39F3N4/c1-3-23-15-25(17-29(16-23)32(33,34)35)21-39(31-36-13-8-14-37-31)22-28-18-26-11-7-12-27(26)19-30(28)38(4-2)20-24-9-5-6-10-24/h8,13-19,24H,3-7,9-12,20-22H2,1-2H3. The zero-order chi connectivity index (χ0) is 27.4. The molecule has 1 aromatic heterocycles. The summed E-state index contributed by atoms with van der Waals surface area (Å²) in [6.45, 7) is 6.92. The van der Waals surface area contributed by atoms with Crippen LogP contribution in [0.5, 0.6) is 0 Å². The second-order valence-corrected chi connectivity index (χ2v) is 11.1. The number of hydrogen-bond donors (Lipinski definition) is 0. The Kier molecular flexibility index (Phi) is 8.43. The molecule has 0 radical (unpaired) electrons. The maximum absolute atomic E-state index is 13.7. The smallest absolute Gasteiger partial charge is 0.371 e. The van der Waals surface area contributed by atoms with Gasteiger partial charge in [0, 0.05) is 44.3 Å². The van der Waals surface area contributed by atoms with Crippen molar-refractivity contribution >= 4 is 11.6 Å². The molecule has 0 spiro atoms. The first-order valence-corrected chi connectivity index (χ1v) is 14.5. The highest BCUT2D eigenvalue weighted by Crippen LogP contribution is 2.35. The number of halogens is 3. The molecule has 4 nitrogen and oxygen atoms in total. The normalized spacial score (nSPS) is 15.5. The largest absolute Gasteiger partial charge is 0.416 e. The van der Waals surface area contributed by atoms with Gasteiger partial charge in [-0.1, -0.05) is 31.9 Å². The number of rotatable bonds is 10. The highest BCUT2D eigenvalue weighted by Gasteiger charge is 2.31. The molecule has 3 aromatic rings. The summed E-state index contributed by atoms with van der Waals surface area (Å²) in [7, 11) is 0. The Morgan fingerprint density at radius 2 is 1.51 bits per heavy atom. The van der Waals surface area contributed by atoms with Gasteiger partial charge in [-0.15, -0.1) is 0 Å². The molecule has 2 aromatic carbocycles. The predicted molar refractivity (Wildman–Crippen MR) is 151 cm³/mol. The first-order valence-electron chi connectivity index (χ1n) is 14.5. The Morgan fingerprint density at radius 3 is 2.18 bits per heavy atom. The van der Waals surface area contributed by atoms with E-state index < -0.39 is 11.7 Å². The third-order valence-corrected chi connectivity index (χ3v) is 8.33. The number of hydrogen-bond acceptors (Lipinski definition) is 4. The summed E-state index contributed by atoms with van der Waals surface area (Å²) in [4.78, 5) is 13.6. The first-order chi connectivity index (χ1) is 18.8. The van der Waals surface area contributed by atoms with Gasteiger partial charge in [-0.25, -0.2) is 9.97 Å². The van der Waals surface area contributed by atoms with E-state index in [2.05, 4.69) is 33.9 Å². The molecule has 7 heteroatoms. The maximum atomic E-state index is 13.7. The average molecular weight is 537 g/mol. The SMILES string of the molecule is CCc1cc(CN(Cc2cc3c(cc2N(CC)CC2CCCC2)CCC3)c2ncccn2)cc(C(F)(F)F)c1. The van der Waals surface area contributed by atoms with E-state index in [0.29, 0.717) is 36.6 Å². The van der Waals surface area contributed by atoms with E-state index in [9.17, 15) is 13.2 Å². The Bertz CT molecular complexity index is 1250. The molecule has 5 rings (SSSR count). The minimum Gasteiger partial charge on any atom is -0.371 e. The van der Waals surface area contributed by atoms with Crippen molar-refractivity contribution in [2.45, 2.75) is 84.5 Å². The topological polar surface area (TPSA) is 32.3 Å². The molecular formula is C32H39F3N4. The zero-order valence-corrected chi connectivity index (χ0v) is 23.1. The van der Waals surface area contributed by atoms with Crippen molar-refractivity contribution in [3.8, 4) is 0 Å². The van der Waals surface area contributed by atoms with Crippen LogP contribution in [0, 0.1) is 5.92 Å². The van der Waals surface area contributed by atoms with Gasteiger partial charge in [0.25, 0.3) is 0 Å². The summed E-state index contributed by atoms with van der Waals surface area (Å²) >= 11 is 0. The van der Waals surface area contributed by atoms with Gasteiger partial charge < -0.3 is 9.80 Å². The van der Waals surface area contributed by atoms with Gasteiger partial charge in [-0.05, 0) is 103 Å². The van der Waals surface area contributed by atoms with Gasteiger partial charge in [-0.2, -0.15) is 13.2 Å². The molecule has 0 unspecified atom stereocenters. The van der Waals surface area contributed by atoms with Crippen LogP contribution in [-0.4, -0.2) is 23.1 Å². The third kappa shape index (κ3) is 6.56. The number of aryl methyl sites for hydroxylation is 3. The molecule has 0 atom stereocenters. The minimum absolute atomic E-state index is 0.298. The lowest BCUT2D eigenvalue weighted by Crippen LogP contribution is -2.31. The van der Waals surface area contributed by atoms with Crippen LogP contribution >= 0.6 is 0 Å². The van der Waals surface area contributed by atoms with Crippen LogP contribution in [-0.2, 0) is 38.5 Å². The van der Waals surface area contributed by atoms with Crippen LogP contribution < -0.4 is 9.80 Å². The number of anilines is 2. The Labute approximate surface area is 230 Å². The molecule has 1 heterocycles. The van der Waals surface area contributed by atoms with Crippen molar-refractivity contribution in [3.63, 3.8) is 0 Å². The molecule has 0 saturated heterocycles. The molecule has 1 saturated carbocycles. The molecule has 0 N–H and O–H groups in total. The quantitative estimate of drug-likeness (QED) is 0.265. The lowest BCUT2D eigenvalue weighted by atomic mass is 10.00. The van der Waals surface area contributed by atoms with E-state index in [1.165, 1.54) is 66.6 Å². The van der Waals surface area contributed by atoms with E-state index in [0.717, 1.165) is 31.8 Å². The maximum Gasteiger partial charge on any atom is 0.416 e. The summed E-state index contributed by atoms with van der Waals surface area (Å²) in [5.41, 5.74) is 5.99. The monoisotopic (exact) mass is 536 g/mol. The van der Waals surface area contributed by atoms with Crippen molar-refractivity contribution < 1.29 is 13.2 Å². The summed E-state index contributed by atoms with van der Waals surface area (Å²) in [6.07, 6.45) is 8.11. The van der Waals surface area contributed by atoms with Crippen molar-refractivity contribution in [2.24, 2.45) is 5.92 Å². The molecule has 2 aliphatic carbocycles. The molecule has 1 fully saturated rings. The van der Waals surface area contributed by atoms with Crippen LogP contribution in [0.15, 0.2) is 48.8 Å². The van der Waals surface area contributed by atoms with Crippen molar-refractivity contribution in [2.75, 3.05) is 22.9 Å². The fourth-order valence-corrected chi connectivity index (χ4v) is 6.29. The second-order valence-electron chi connectivity index (χ2n) is 11.1. The van der Waals surface area contributed by atoms with E-state index in [1.807, 2.05) is 17.9 Å². The summed E-state index contributed by atoms with van der Waals surface area (Å²) in [6, 6.07) is 10.9. The summed E-state index contributed by atoms with van der Waals surface area (Å²) in [5.74, 6) is 1.25. The molecular weight excluding hydrogens is 497 g/mol. The number of benzene rings is 2. The third-order valence-electron chi connectivity index (χ3n) is 8.33. The zero-order valence-electron chi connectivity index (χ0n) is 23.1. The molecule has 0 aliphatic heterocycles. The van der Waals surface area contributed by atoms with Crippen molar-refractivity contribution in [1.29, 1.82) is 0 Å². The second kappa shape index (κ2) is 12.0. The van der Waals surface area contributed by atoms with Gasteiger partial charge in [0.1, 0.15) is 0 Å². The molecule has 0 amide bonds. The Morgan fingerprint density at radius 1 is 0.821 bits per heavy atom. The van der Waals surface area contributed by atoms with E-state index in [4.69, 9.17) is 0 Å². The van der Waals surface area contributed by atoms with Crippen LogP contribution in [0.3, 0.4) is 0 Å². The van der Waals surface area contributed by atoms with Gasteiger partial charge in [-0.3, -0.25) is 0 Å². The van der Waals surface area contributed by atoms with Gasteiger partial charge in [0.05, 0.1) is 5.56 Å². The van der Waals surface area contributed by atoms with Crippen LogP contribution in [0.25, 0.3) is 0 Å². The van der Waals surface area contributed by atoms with E-state index in [1.54, 1.807) is 18.5 Å². The van der Waals surface area contributed by atoms with E-state index in [-0.39, 0.29) is 0 Å². The van der Waals surface area contributed by atoms with Crippen molar-refractivity contribution in [3.05, 3.63) is 82.2 Å². The van der Waals surface area contributed by atoms with Crippen LogP contribution in [0.2, 0.25) is 0 Å². The minimum atomic E-state index is -4.39. The van der Waals surface area contributed by atoms with Crippen molar-refractivity contribution in [1.82, 2.24) is 9.97 Å². The lowest BCUT2D eigenvalue weighted by molar-refractivity contribution is -0.137. The highest BCUT2D eigenvalue weighted by molar-refractivity contribution is 5.60. The number of alkyl halides is 3. The Balaban J connectivity index is 1.52. The predicted octanol–water partition coefficient (Wildman–Crippen LogP) is 7.77. The fraction of sp³-hybridized carbons (Fsp3) is 0.500. The average Bonchev–Trinajstić information content (AvgIpc) is 3.62. The Hall–Kier alpha value is -3.09. The van der Waals surface area contributed by atoms with Crippen LogP contribution in [0.1, 0.15) is 79.3 Å². The first kappa shape index (κ1) is 27.5. The summed E-state index contributed by atoms with van der Waals surface area (Å²) in [5, 5.41) is 0. The lowest BCUT2D eigenvalue weighted by Gasteiger charge is -2.31. The highest BCUT2D eigenvalue weighted by atomic mass is 19.4. The molecule has 2 aliphatic rings. The van der Waals surface area contributed by atoms with Gasteiger partial charge in [0.2, 0.25) is 5.95 Å². The summed E-state index contributed by atoms with van der Waals surface area (Å²) < 4.78 is 41.2. The number of aromatic nitrogens is 2. The van der Waals surface area contributed by atoms with Gasteiger partial charge >= 0.3 is 6.18 Å². The van der Waals surface area contributed by atoms with E-state index >= 15 is 0 Å². The fourth-order valence-electron chi connectivity index (χ4n) is 6.29. The number of nitrogens with zero attached hydrogens (tertiary/aromatic N) is 4. The van der Waals surface area contributed by atoms with Crippen LogP contribution in [0.4, 0.5) is 24.8 Å². The molecule has 208 valence electrons. The molecule has 39 heavy (non-hydrogen) atoms. The molecule has 0 bridgehead atoms.